The molecule has 0 radical (unpaired) electrons. The summed E-state index contributed by atoms with van der Waals surface area (Å²) < 4.78 is 5.24. The minimum Gasteiger partial charge on any atom is -0.497 e. The number of aromatic nitrogens is 1. The Morgan fingerprint density at radius 3 is 2.44 bits per heavy atom. The minimum atomic E-state index is 0.190. The number of nitrogens with zero attached hydrogens (tertiary/aromatic N) is 1. The van der Waals surface area contributed by atoms with Crippen molar-refractivity contribution in [3.8, 4) is 16.9 Å². The number of fused-ring (bicyclic) bond motifs is 1. The van der Waals surface area contributed by atoms with Gasteiger partial charge in [0.25, 0.3) is 0 Å². The fraction of sp³-hybridized carbons (Fsp3) is 0.290. The minimum absolute atomic E-state index is 0.190. The summed E-state index contributed by atoms with van der Waals surface area (Å²) in [6, 6.07) is 18.8. The van der Waals surface area contributed by atoms with Crippen LogP contribution in [0.5, 0.6) is 5.75 Å². The largest absolute Gasteiger partial charge is 0.497 e. The molecule has 0 saturated heterocycles. The molecule has 3 aromatic rings. The van der Waals surface area contributed by atoms with Gasteiger partial charge >= 0.3 is 0 Å². The zero-order valence-corrected chi connectivity index (χ0v) is 20.4. The molecule has 3 nitrogen and oxygen atoms in total. The summed E-state index contributed by atoms with van der Waals surface area (Å²) in [5, 5.41) is 2.03. The van der Waals surface area contributed by atoms with E-state index in [2.05, 4.69) is 67.6 Å². The molecule has 4 rings (SSSR count). The van der Waals surface area contributed by atoms with Crippen molar-refractivity contribution in [2.24, 2.45) is 5.92 Å². The van der Waals surface area contributed by atoms with E-state index in [9.17, 15) is 4.79 Å². The number of carbonyl (C=O) groups is 1. The second-order valence-corrected chi connectivity index (χ2v) is 9.12. The summed E-state index contributed by atoms with van der Waals surface area (Å²) in [7, 11) is 1.68. The van der Waals surface area contributed by atoms with Gasteiger partial charge in [-0.3, -0.25) is 9.78 Å². The standard InChI is InChI=1S/C31H33NO2/c1-22-7-6-9-27-21-29(23(2)32-30(27)20-11-22)31(33)10-5-4-8-24-12-14-25(15-13-24)26-16-18-28(34-3)19-17-26/h6-7,9,12-22H,4-5,8,10-11H2,1-3H3. The lowest BCUT2D eigenvalue weighted by Crippen LogP contribution is -2.31. The number of ketones is 1. The lowest BCUT2D eigenvalue weighted by Gasteiger charge is -2.08. The molecule has 0 aliphatic heterocycles. The van der Waals surface area contributed by atoms with E-state index in [0.717, 1.165) is 53.3 Å². The van der Waals surface area contributed by atoms with Crippen LogP contribution in [0, 0.1) is 12.8 Å². The van der Waals surface area contributed by atoms with E-state index in [1.165, 1.54) is 16.7 Å². The highest BCUT2D eigenvalue weighted by molar-refractivity contribution is 5.97. The smallest absolute Gasteiger partial charge is 0.164 e. The number of benzene rings is 2. The first-order chi connectivity index (χ1) is 16.5. The summed E-state index contributed by atoms with van der Waals surface area (Å²) in [4.78, 5) is 17.7. The maximum absolute atomic E-state index is 12.9. The highest BCUT2D eigenvalue weighted by atomic mass is 16.5. The molecule has 1 atom stereocenters. The maximum Gasteiger partial charge on any atom is 0.164 e. The fourth-order valence-electron chi connectivity index (χ4n) is 4.34. The number of aryl methyl sites for hydroxylation is 2. The Kier molecular flexibility index (Phi) is 7.74. The van der Waals surface area contributed by atoms with Crippen molar-refractivity contribution in [2.75, 3.05) is 7.11 Å². The Labute approximate surface area is 202 Å². The van der Waals surface area contributed by atoms with Crippen molar-refractivity contribution < 1.29 is 9.53 Å². The maximum atomic E-state index is 12.9. The first-order valence-electron chi connectivity index (χ1n) is 12.2. The molecule has 1 aliphatic rings. The number of carbonyl (C=O) groups excluding carboxylic acids is 1. The Bertz CT molecular complexity index is 1280. The van der Waals surface area contributed by atoms with Crippen LogP contribution in [-0.2, 0) is 6.42 Å². The van der Waals surface area contributed by atoms with Crippen LogP contribution in [0.3, 0.4) is 0 Å². The molecule has 1 aromatic heterocycles. The first kappa shape index (κ1) is 23.7. The van der Waals surface area contributed by atoms with Crippen molar-refractivity contribution in [1.29, 1.82) is 0 Å². The van der Waals surface area contributed by atoms with Crippen LogP contribution in [0.25, 0.3) is 23.3 Å². The SMILES string of the molecule is COc1ccc(-c2ccc(CCCCC(=O)c3cc4c(nc3C)=CCC(C)C=CC=4)cc2)cc1. The molecule has 34 heavy (non-hydrogen) atoms. The molecule has 174 valence electrons. The van der Waals surface area contributed by atoms with Gasteiger partial charge in [0.1, 0.15) is 5.75 Å². The lowest BCUT2D eigenvalue weighted by atomic mass is 9.99. The van der Waals surface area contributed by atoms with Crippen molar-refractivity contribution in [2.45, 2.75) is 46.0 Å². The molecule has 0 spiro atoms. The van der Waals surface area contributed by atoms with E-state index in [1.54, 1.807) is 7.11 Å². The number of rotatable bonds is 8. The van der Waals surface area contributed by atoms with E-state index in [1.807, 2.05) is 25.1 Å². The Morgan fingerprint density at radius 2 is 1.74 bits per heavy atom. The summed E-state index contributed by atoms with van der Waals surface area (Å²) in [5.74, 6) is 1.56. The molecule has 1 heterocycles. The van der Waals surface area contributed by atoms with Crippen LogP contribution in [0.15, 0.2) is 66.7 Å². The highest BCUT2D eigenvalue weighted by Gasteiger charge is 2.11. The topological polar surface area (TPSA) is 39.2 Å². The van der Waals surface area contributed by atoms with Gasteiger partial charge in [-0.15, -0.1) is 0 Å². The van der Waals surface area contributed by atoms with Crippen LogP contribution in [-0.4, -0.2) is 17.9 Å². The van der Waals surface area contributed by atoms with Gasteiger partial charge in [0.15, 0.2) is 5.78 Å². The molecule has 0 fully saturated rings. The predicted octanol–water partition coefficient (Wildman–Crippen LogP) is 5.82. The van der Waals surface area contributed by atoms with Crippen molar-refractivity contribution >= 4 is 17.9 Å². The van der Waals surface area contributed by atoms with Gasteiger partial charge in [-0.1, -0.05) is 67.6 Å². The number of hydrogen-bond acceptors (Lipinski definition) is 3. The van der Waals surface area contributed by atoms with Gasteiger partial charge in [0.2, 0.25) is 0 Å². The van der Waals surface area contributed by atoms with Crippen LogP contribution < -0.4 is 15.3 Å². The zero-order chi connectivity index (χ0) is 23.9. The molecule has 2 aromatic carbocycles. The van der Waals surface area contributed by atoms with Crippen LogP contribution in [0.2, 0.25) is 0 Å². The third-order valence-corrected chi connectivity index (χ3v) is 6.47. The third kappa shape index (κ3) is 5.91. The zero-order valence-electron chi connectivity index (χ0n) is 20.4. The van der Waals surface area contributed by atoms with E-state index in [0.29, 0.717) is 12.3 Å². The molecule has 0 N–H and O–H groups in total. The normalized spacial score (nSPS) is 14.9. The van der Waals surface area contributed by atoms with Gasteiger partial charge in [-0.05, 0) is 73.4 Å². The molecule has 0 bridgehead atoms. The van der Waals surface area contributed by atoms with E-state index in [4.69, 9.17) is 9.72 Å². The average Bonchev–Trinajstić information content (AvgIpc) is 2.85. The van der Waals surface area contributed by atoms with Crippen molar-refractivity contribution in [1.82, 2.24) is 4.98 Å². The highest BCUT2D eigenvalue weighted by Crippen LogP contribution is 2.23. The Hall–Kier alpha value is -3.46. The van der Waals surface area contributed by atoms with Gasteiger partial charge in [-0.2, -0.15) is 0 Å². The Morgan fingerprint density at radius 1 is 1.03 bits per heavy atom. The summed E-state index contributed by atoms with van der Waals surface area (Å²) in [6.07, 6.45) is 12.9. The molecule has 0 saturated carbocycles. The quantitative estimate of drug-likeness (QED) is 0.320. The van der Waals surface area contributed by atoms with Gasteiger partial charge in [0.05, 0.1) is 12.5 Å². The second-order valence-electron chi connectivity index (χ2n) is 9.12. The van der Waals surface area contributed by atoms with Crippen LogP contribution >= 0.6 is 0 Å². The average molecular weight is 452 g/mol. The number of Topliss-reactive ketones (excluding diaryl/α,β-unsaturated/α-hetero) is 1. The molecular formula is C31H33NO2. The number of ether oxygens (including phenoxy) is 1. The molecular weight excluding hydrogens is 418 g/mol. The molecule has 3 heteroatoms. The van der Waals surface area contributed by atoms with Crippen LogP contribution in [0.1, 0.15) is 54.2 Å². The number of allylic oxidation sites excluding steroid dienone is 2. The van der Waals surface area contributed by atoms with Gasteiger partial charge in [-0.25, -0.2) is 0 Å². The fourth-order valence-corrected chi connectivity index (χ4v) is 4.34. The van der Waals surface area contributed by atoms with E-state index < -0.39 is 0 Å². The molecule has 0 amide bonds. The van der Waals surface area contributed by atoms with E-state index >= 15 is 0 Å². The van der Waals surface area contributed by atoms with Crippen molar-refractivity contribution in [3.05, 3.63) is 94.1 Å². The molecule has 1 aliphatic carbocycles. The van der Waals surface area contributed by atoms with Gasteiger partial charge in [0, 0.05) is 22.9 Å². The number of unbranched alkanes of at least 4 members (excludes halogenated alkanes) is 1. The molecule has 1 unspecified atom stereocenters. The predicted molar refractivity (Wildman–Crippen MR) is 140 cm³/mol. The summed E-state index contributed by atoms with van der Waals surface area (Å²) >= 11 is 0. The van der Waals surface area contributed by atoms with Crippen molar-refractivity contribution in [3.63, 3.8) is 0 Å². The number of hydrogen-bond donors (Lipinski definition) is 0. The first-order valence-corrected chi connectivity index (χ1v) is 12.2. The van der Waals surface area contributed by atoms with Crippen LogP contribution in [0.4, 0.5) is 0 Å². The third-order valence-electron chi connectivity index (χ3n) is 6.47. The monoisotopic (exact) mass is 451 g/mol. The lowest BCUT2D eigenvalue weighted by molar-refractivity contribution is 0.0978. The number of pyridine rings is 1. The summed E-state index contributed by atoms with van der Waals surface area (Å²) in [6.45, 7) is 4.15. The van der Waals surface area contributed by atoms with E-state index in [-0.39, 0.29) is 5.78 Å². The second kappa shape index (κ2) is 11.1. The summed E-state index contributed by atoms with van der Waals surface area (Å²) in [5.41, 5.74) is 5.27. The number of methoxy groups -OCH3 is 1. The Balaban J connectivity index is 1.33. The van der Waals surface area contributed by atoms with Gasteiger partial charge < -0.3 is 4.74 Å².